The number of sulfonamides is 1. The highest BCUT2D eigenvalue weighted by molar-refractivity contribution is 7.89. The second kappa shape index (κ2) is 8.79. The smallest absolute Gasteiger partial charge is 0.408 e. The van der Waals surface area contributed by atoms with E-state index in [0.717, 1.165) is 12.0 Å². The van der Waals surface area contributed by atoms with Gasteiger partial charge in [-0.3, -0.25) is 9.36 Å². The van der Waals surface area contributed by atoms with Gasteiger partial charge >= 0.3 is 5.76 Å². The normalized spacial score (nSPS) is 19.6. The molecular weight excluding hydrogens is 442 g/mol. The first-order valence-electron chi connectivity index (χ1n) is 11.0. The molecule has 0 spiro atoms. The van der Waals surface area contributed by atoms with Crippen molar-refractivity contribution in [1.29, 1.82) is 0 Å². The lowest BCUT2D eigenvalue weighted by atomic mass is 9.94. The number of anilines is 1. The summed E-state index contributed by atoms with van der Waals surface area (Å²) >= 11 is 0. The summed E-state index contributed by atoms with van der Waals surface area (Å²) in [6.07, 6.45) is 0.994. The molecule has 0 radical (unpaired) electrons. The van der Waals surface area contributed by atoms with Crippen molar-refractivity contribution in [3.63, 3.8) is 0 Å². The summed E-state index contributed by atoms with van der Waals surface area (Å²) in [4.78, 5) is 26.9. The summed E-state index contributed by atoms with van der Waals surface area (Å²) in [6.45, 7) is 6.77. The average molecular weight is 472 g/mol. The van der Waals surface area contributed by atoms with Crippen LogP contribution in [0.25, 0.3) is 11.1 Å². The first-order chi connectivity index (χ1) is 15.6. The van der Waals surface area contributed by atoms with Gasteiger partial charge in [0.25, 0.3) is 0 Å². The predicted octanol–water partition coefficient (Wildman–Crippen LogP) is 3.23. The van der Waals surface area contributed by atoms with Crippen LogP contribution in [0.5, 0.6) is 0 Å². The molecule has 2 heterocycles. The van der Waals surface area contributed by atoms with Crippen LogP contribution in [0.3, 0.4) is 0 Å². The number of piperidine rings is 1. The number of fused-ring (bicyclic) bond motifs is 1. The molecule has 33 heavy (non-hydrogen) atoms. The van der Waals surface area contributed by atoms with E-state index in [4.69, 9.17) is 4.42 Å². The molecule has 0 saturated carbocycles. The lowest BCUT2D eigenvalue weighted by Crippen LogP contribution is -2.42. The lowest BCUT2D eigenvalue weighted by molar-refractivity contribution is -0.118. The summed E-state index contributed by atoms with van der Waals surface area (Å²) in [6, 6.07) is 11.9. The second-order valence-corrected chi connectivity index (χ2v) is 11.1. The van der Waals surface area contributed by atoms with Crippen molar-refractivity contribution in [2.24, 2.45) is 11.8 Å². The van der Waals surface area contributed by atoms with E-state index in [2.05, 4.69) is 0 Å². The topological polar surface area (TPSA) is 92.8 Å². The number of aromatic nitrogens is 1. The number of hydrogen-bond acceptors (Lipinski definition) is 5. The molecule has 8 nitrogen and oxygen atoms in total. The van der Waals surface area contributed by atoms with Crippen molar-refractivity contribution in [2.75, 3.05) is 25.0 Å². The Morgan fingerprint density at radius 2 is 1.73 bits per heavy atom. The van der Waals surface area contributed by atoms with Crippen molar-refractivity contribution in [2.45, 2.75) is 38.6 Å². The third-order valence-electron chi connectivity index (χ3n) is 6.20. The van der Waals surface area contributed by atoms with Gasteiger partial charge in [-0.1, -0.05) is 31.5 Å². The van der Waals surface area contributed by atoms with Crippen LogP contribution in [-0.2, 0) is 21.4 Å². The number of likely N-dealkylation sites (N-methyl/N-ethyl adjacent to an activating group) is 1. The minimum absolute atomic E-state index is 0.0836. The van der Waals surface area contributed by atoms with E-state index in [1.54, 1.807) is 7.05 Å². The number of carbonyl (C=O) groups is 1. The van der Waals surface area contributed by atoms with Gasteiger partial charge in [0.05, 0.1) is 10.4 Å². The van der Waals surface area contributed by atoms with Gasteiger partial charge in [-0.2, -0.15) is 4.31 Å². The number of oxazole rings is 1. The quantitative estimate of drug-likeness (QED) is 0.570. The van der Waals surface area contributed by atoms with Gasteiger partial charge in [0.1, 0.15) is 6.54 Å². The zero-order valence-electron chi connectivity index (χ0n) is 19.3. The van der Waals surface area contributed by atoms with E-state index in [1.165, 1.54) is 32.0 Å². The molecule has 3 aromatic rings. The summed E-state index contributed by atoms with van der Waals surface area (Å²) in [7, 11) is -2.07. The Kier molecular flexibility index (Phi) is 6.20. The van der Waals surface area contributed by atoms with Crippen LogP contribution < -0.4 is 10.7 Å². The van der Waals surface area contributed by atoms with Gasteiger partial charge in [0.2, 0.25) is 15.9 Å². The predicted molar refractivity (Wildman–Crippen MR) is 127 cm³/mol. The van der Waals surface area contributed by atoms with Crippen LogP contribution in [-0.4, -0.2) is 43.3 Å². The molecule has 1 aliphatic rings. The SMILES string of the molecule is Cc1ccc(N(C)C(=O)Cn2c(=O)oc3cc(S(=O)(=O)N4C[C@H](C)C[C@@H](C)C4)ccc32)cc1. The molecule has 0 N–H and O–H groups in total. The van der Waals surface area contributed by atoms with Crippen LogP contribution in [0.1, 0.15) is 25.8 Å². The molecule has 1 aromatic heterocycles. The van der Waals surface area contributed by atoms with Gasteiger partial charge < -0.3 is 9.32 Å². The number of benzene rings is 2. The van der Waals surface area contributed by atoms with E-state index in [1.807, 2.05) is 45.0 Å². The van der Waals surface area contributed by atoms with E-state index < -0.39 is 15.8 Å². The van der Waals surface area contributed by atoms with Gasteiger partial charge in [-0.05, 0) is 49.4 Å². The Morgan fingerprint density at radius 1 is 1.09 bits per heavy atom. The molecule has 4 rings (SSSR count). The molecule has 2 aromatic carbocycles. The summed E-state index contributed by atoms with van der Waals surface area (Å²) in [5.74, 6) is -0.437. The van der Waals surface area contributed by atoms with Crippen LogP contribution in [0.4, 0.5) is 5.69 Å². The lowest BCUT2D eigenvalue weighted by Gasteiger charge is -2.34. The van der Waals surface area contributed by atoms with Crippen LogP contribution in [0, 0.1) is 18.8 Å². The number of carbonyl (C=O) groups excluding carboxylic acids is 1. The Bertz CT molecular complexity index is 1330. The maximum Gasteiger partial charge on any atom is 0.420 e. The van der Waals surface area contributed by atoms with E-state index >= 15 is 0 Å². The van der Waals surface area contributed by atoms with Crippen LogP contribution in [0.2, 0.25) is 0 Å². The third kappa shape index (κ3) is 4.60. The first-order valence-corrected chi connectivity index (χ1v) is 12.5. The van der Waals surface area contributed by atoms with Gasteiger partial charge in [-0.25, -0.2) is 13.2 Å². The average Bonchev–Trinajstić information content (AvgIpc) is 3.07. The Labute approximate surface area is 193 Å². The molecule has 176 valence electrons. The third-order valence-corrected chi connectivity index (χ3v) is 8.03. The summed E-state index contributed by atoms with van der Waals surface area (Å²) in [5.41, 5.74) is 2.32. The van der Waals surface area contributed by atoms with Gasteiger partial charge in [-0.15, -0.1) is 0 Å². The molecule has 1 saturated heterocycles. The van der Waals surface area contributed by atoms with Crippen molar-refractivity contribution in [3.8, 4) is 0 Å². The highest BCUT2D eigenvalue weighted by atomic mass is 32.2. The molecule has 0 aliphatic carbocycles. The highest BCUT2D eigenvalue weighted by Crippen LogP contribution is 2.28. The fourth-order valence-corrected chi connectivity index (χ4v) is 6.16. The maximum atomic E-state index is 13.2. The molecule has 1 amide bonds. The van der Waals surface area contributed by atoms with Crippen molar-refractivity contribution in [1.82, 2.24) is 8.87 Å². The van der Waals surface area contributed by atoms with Crippen molar-refractivity contribution >= 4 is 32.7 Å². The molecule has 0 unspecified atom stereocenters. The van der Waals surface area contributed by atoms with E-state index in [0.29, 0.717) is 24.3 Å². The highest BCUT2D eigenvalue weighted by Gasteiger charge is 2.32. The van der Waals surface area contributed by atoms with Crippen LogP contribution in [0.15, 0.2) is 56.6 Å². The number of nitrogens with zero attached hydrogens (tertiary/aromatic N) is 3. The van der Waals surface area contributed by atoms with E-state index in [9.17, 15) is 18.0 Å². The van der Waals surface area contributed by atoms with E-state index in [-0.39, 0.29) is 34.8 Å². The largest absolute Gasteiger partial charge is 0.420 e. The minimum Gasteiger partial charge on any atom is -0.408 e. The Morgan fingerprint density at radius 3 is 2.36 bits per heavy atom. The monoisotopic (exact) mass is 471 g/mol. The number of aryl methyl sites for hydroxylation is 1. The molecule has 1 aliphatic heterocycles. The number of amides is 1. The molecule has 9 heteroatoms. The Balaban J connectivity index is 1.61. The second-order valence-electron chi connectivity index (χ2n) is 9.14. The summed E-state index contributed by atoms with van der Waals surface area (Å²) < 4.78 is 34.4. The number of rotatable bonds is 5. The standard InChI is InChI=1S/C24H29N3O5S/c1-16-5-7-19(8-6-16)25(4)23(28)15-27-21-10-9-20(12-22(21)32-24(27)29)33(30,31)26-13-17(2)11-18(3)14-26/h5-10,12,17-18H,11,13-15H2,1-4H3/t17-,18-/m1/s1. The van der Waals surface area contributed by atoms with Crippen molar-refractivity contribution < 1.29 is 17.6 Å². The fraction of sp³-hybridized carbons (Fsp3) is 0.417. The van der Waals surface area contributed by atoms with Gasteiger partial charge in [0.15, 0.2) is 5.58 Å². The van der Waals surface area contributed by atoms with Crippen LogP contribution >= 0.6 is 0 Å². The molecule has 0 bridgehead atoms. The first kappa shape index (κ1) is 23.3. The zero-order valence-corrected chi connectivity index (χ0v) is 20.1. The fourth-order valence-electron chi connectivity index (χ4n) is 4.46. The molecular formula is C24H29N3O5S. The Hall–Kier alpha value is -2.91. The van der Waals surface area contributed by atoms with Crippen molar-refractivity contribution in [3.05, 3.63) is 58.6 Å². The molecule has 1 fully saturated rings. The number of hydrogen-bond donors (Lipinski definition) is 0. The summed E-state index contributed by atoms with van der Waals surface area (Å²) in [5, 5.41) is 0. The maximum absolute atomic E-state index is 13.2. The molecule has 2 atom stereocenters. The van der Waals surface area contributed by atoms with Gasteiger partial charge in [0, 0.05) is 31.9 Å². The minimum atomic E-state index is -3.71. The zero-order chi connectivity index (χ0) is 23.9.